The summed E-state index contributed by atoms with van der Waals surface area (Å²) < 4.78 is 12.8. The summed E-state index contributed by atoms with van der Waals surface area (Å²) in [5.41, 5.74) is 4.37. The number of aromatic nitrogens is 1. The van der Waals surface area contributed by atoms with Gasteiger partial charge in [0.15, 0.2) is 0 Å². The topological polar surface area (TPSA) is 31.4 Å². The van der Waals surface area contributed by atoms with Crippen LogP contribution in [0.2, 0.25) is 0 Å². The van der Waals surface area contributed by atoms with Crippen molar-refractivity contribution in [3.8, 4) is 11.5 Å². The average Bonchev–Trinajstić information content (AvgIpc) is 3.00. The fourth-order valence-corrected chi connectivity index (χ4v) is 4.64. The second kappa shape index (κ2) is 19.7. The first-order valence-corrected chi connectivity index (χ1v) is 15.5. The highest BCUT2D eigenvalue weighted by Crippen LogP contribution is 2.33. The number of rotatable bonds is 20. The molecule has 1 heterocycles. The van der Waals surface area contributed by atoms with E-state index in [1.165, 1.54) is 69.8 Å². The molecule has 0 spiro atoms. The number of pyridine rings is 1. The Morgan fingerprint density at radius 2 is 0.975 bits per heavy atom. The third kappa shape index (κ3) is 12.2. The summed E-state index contributed by atoms with van der Waals surface area (Å²) in [5, 5.41) is 0. The van der Waals surface area contributed by atoms with Crippen molar-refractivity contribution < 1.29 is 9.47 Å². The van der Waals surface area contributed by atoms with E-state index in [0.717, 1.165) is 54.2 Å². The van der Waals surface area contributed by atoms with Crippen molar-refractivity contribution in [1.82, 2.24) is 4.98 Å². The van der Waals surface area contributed by atoms with Crippen LogP contribution < -0.4 is 9.47 Å². The van der Waals surface area contributed by atoms with Crippen LogP contribution in [0.15, 0.2) is 67.0 Å². The van der Waals surface area contributed by atoms with Gasteiger partial charge in [-0.25, -0.2) is 0 Å². The van der Waals surface area contributed by atoms with Gasteiger partial charge in [-0.2, -0.15) is 0 Å². The Morgan fingerprint density at radius 1 is 0.525 bits per heavy atom. The molecular formula is C37H49NO2. The largest absolute Gasteiger partial charge is 0.493 e. The fourth-order valence-electron chi connectivity index (χ4n) is 4.64. The third-order valence-electron chi connectivity index (χ3n) is 7.07. The van der Waals surface area contributed by atoms with Crippen LogP contribution in [0.4, 0.5) is 0 Å². The van der Waals surface area contributed by atoms with Gasteiger partial charge >= 0.3 is 0 Å². The maximum absolute atomic E-state index is 6.41. The summed E-state index contributed by atoms with van der Waals surface area (Å²) in [7, 11) is 0. The van der Waals surface area contributed by atoms with Crippen LogP contribution in [0.5, 0.6) is 11.5 Å². The molecule has 1 aromatic heterocycles. The summed E-state index contributed by atoms with van der Waals surface area (Å²) in [6.07, 6.45) is 27.1. The standard InChI is InChI=1S/C37H49NO2/c1-3-5-7-9-11-16-28-39-36-31-35(23-21-33-24-26-38-27-25-33)37(40-29-17-12-10-8-6-4-2)30-34(36)22-20-32-18-14-13-15-19-32/h13-15,18-27,30-31H,3-12,16-17,28-29H2,1-2H3/b22-20+,23-21+. The van der Waals surface area contributed by atoms with E-state index >= 15 is 0 Å². The molecule has 0 aliphatic carbocycles. The molecule has 214 valence electrons. The minimum atomic E-state index is 0.724. The lowest BCUT2D eigenvalue weighted by Gasteiger charge is -2.15. The van der Waals surface area contributed by atoms with E-state index in [9.17, 15) is 0 Å². The molecule has 0 aliphatic rings. The lowest BCUT2D eigenvalue weighted by molar-refractivity contribution is 0.295. The summed E-state index contributed by atoms with van der Waals surface area (Å²) in [6, 6.07) is 18.7. The predicted octanol–water partition coefficient (Wildman–Crippen LogP) is 10.9. The van der Waals surface area contributed by atoms with Crippen molar-refractivity contribution in [2.24, 2.45) is 0 Å². The Bertz CT molecular complexity index is 1030. The highest BCUT2D eigenvalue weighted by Gasteiger charge is 2.10. The highest BCUT2D eigenvalue weighted by atomic mass is 16.5. The Balaban J connectivity index is 1.80. The molecule has 2 aromatic carbocycles. The first-order chi connectivity index (χ1) is 19.8. The van der Waals surface area contributed by atoms with Gasteiger partial charge in [0.1, 0.15) is 11.5 Å². The van der Waals surface area contributed by atoms with Crippen molar-refractivity contribution in [3.05, 3.63) is 89.2 Å². The van der Waals surface area contributed by atoms with Crippen LogP contribution in [-0.2, 0) is 0 Å². The molecule has 0 radical (unpaired) electrons. The molecular weight excluding hydrogens is 490 g/mol. The van der Waals surface area contributed by atoms with Crippen molar-refractivity contribution in [1.29, 1.82) is 0 Å². The van der Waals surface area contributed by atoms with E-state index in [1.54, 1.807) is 0 Å². The first-order valence-electron chi connectivity index (χ1n) is 15.5. The van der Waals surface area contributed by atoms with Crippen molar-refractivity contribution in [2.75, 3.05) is 13.2 Å². The molecule has 3 nitrogen and oxygen atoms in total. The van der Waals surface area contributed by atoms with Crippen molar-refractivity contribution in [3.63, 3.8) is 0 Å². The van der Waals surface area contributed by atoms with Gasteiger partial charge in [-0.15, -0.1) is 0 Å². The van der Waals surface area contributed by atoms with Gasteiger partial charge in [0.25, 0.3) is 0 Å². The smallest absolute Gasteiger partial charge is 0.127 e. The van der Waals surface area contributed by atoms with E-state index in [0.29, 0.717) is 0 Å². The second-order valence-corrected chi connectivity index (χ2v) is 10.5. The second-order valence-electron chi connectivity index (χ2n) is 10.5. The summed E-state index contributed by atoms with van der Waals surface area (Å²) in [6.45, 7) is 5.97. The highest BCUT2D eigenvalue weighted by molar-refractivity contribution is 5.78. The lowest BCUT2D eigenvalue weighted by atomic mass is 10.1. The summed E-state index contributed by atoms with van der Waals surface area (Å²) in [4.78, 5) is 4.14. The van der Waals surface area contributed by atoms with Gasteiger partial charge in [-0.1, -0.05) is 133 Å². The van der Waals surface area contributed by atoms with Crippen molar-refractivity contribution >= 4 is 24.3 Å². The Hall–Kier alpha value is -3.33. The van der Waals surface area contributed by atoms with E-state index < -0.39 is 0 Å². The van der Waals surface area contributed by atoms with Gasteiger partial charge in [-0.3, -0.25) is 4.98 Å². The van der Waals surface area contributed by atoms with Crippen LogP contribution in [-0.4, -0.2) is 18.2 Å². The lowest BCUT2D eigenvalue weighted by Crippen LogP contribution is -2.03. The third-order valence-corrected chi connectivity index (χ3v) is 7.07. The average molecular weight is 540 g/mol. The summed E-state index contributed by atoms with van der Waals surface area (Å²) >= 11 is 0. The molecule has 0 N–H and O–H groups in total. The van der Waals surface area contributed by atoms with Crippen LogP contribution in [0, 0.1) is 0 Å². The van der Waals surface area contributed by atoms with Gasteiger partial charge in [0, 0.05) is 23.5 Å². The molecule has 0 fully saturated rings. The molecule has 0 unspecified atom stereocenters. The van der Waals surface area contributed by atoms with Gasteiger partial charge in [0.05, 0.1) is 13.2 Å². The maximum atomic E-state index is 6.41. The summed E-state index contributed by atoms with van der Waals surface area (Å²) in [5.74, 6) is 1.81. The Labute approximate surface area is 243 Å². The van der Waals surface area contributed by atoms with Crippen LogP contribution >= 0.6 is 0 Å². The van der Waals surface area contributed by atoms with Crippen LogP contribution in [0.1, 0.15) is 113 Å². The zero-order valence-corrected chi connectivity index (χ0v) is 24.8. The fraction of sp³-hybridized carbons (Fsp3) is 0.432. The predicted molar refractivity (Wildman–Crippen MR) is 173 cm³/mol. The monoisotopic (exact) mass is 539 g/mol. The molecule has 0 amide bonds. The normalized spacial score (nSPS) is 11.4. The molecule has 0 aliphatic heterocycles. The SMILES string of the molecule is CCCCCCCCOc1cc(/C=C/c2ccncc2)c(OCCCCCCCC)cc1/C=C/c1ccccc1. The van der Waals surface area contributed by atoms with E-state index in [1.807, 2.05) is 30.6 Å². The molecule has 3 rings (SSSR count). The van der Waals surface area contributed by atoms with Crippen LogP contribution in [0.3, 0.4) is 0 Å². The molecule has 3 aromatic rings. The Kier molecular flexibility index (Phi) is 15.4. The molecule has 0 bridgehead atoms. The molecule has 0 atom stereocenters. The Morgan fingerprint density at radius 3 is 1.48 bits per heavy atom. The minimum absolute atomic E-state index is 0.724. The molecule has 40 heavy (non-hydrogen) atoms. The number of nitrogens with zero attached hydrogens (tertiary/aromatic N) is 1. The molecule has 3 heteroatoms. The number of ether oxygens (including phenoxy) is 2. The van der Waals surface area contributed by atoms with E-state index in [4.69, 9.17) is 9.47 Å². The quantitative estimate of drug-likeness (QED) is 0.106. The van der Waals surface area contributed by atoms with Gasteiger partial charge in [0.2, 0.25) is 0 Å². The number of benzene rings is 2. The van der Waals surface area contributed by atoms with E-state index in [2.05, 4.69) is 79.5 Å². The van der Waals surface area contributed by atoms with Crippen molar-refractivity contribution in [2.45, 2.75) is 90.9 Å². The number of hydrogen-bond donors (Lipinski definition) is 0. The molecule has 0 saturated carbocycles. The number of unbranched alkanes of at least 4 members (excludes halogenated alkanes) is 10. The van der Waals surface area contributed by atoms with E-state index in [-0.39, 0.29) is 0 Å². The number of hydrogen-bond acceptors (Lipinski definition) is 3. The maximum Gasteiger partial charge on any atom is 0.127 e. The molecule has 0 saturated heterocycles. The van der Waals surface area contributed by atoms with Gasteiger partial charge < -0.3 is 9.47 Å². The minimum Gasteiger partial charge on any atom is -0.493 e. The zero-order chi connectivity index (χ0) is 28.1. The zero-order valence-electron chi connectivity index (χ0n) is 24.8. The van der Waals surface area contributed by atoms with Crippen LogP contribution in [0.25, 0.3) is 24.3 Å². The first kappa shape index (κ1) is 31.2. The van der Waals surface area contributed by atoms with Gasteiger partial charge in [-0.05, 0) is 48.2 Å².